The molecule has 3 aromatic heterocycles. The summed E-state index contributed by atoms with van der Waals surface area (Å²) >= 11 is 0. The molecule has 0 unspecified atom stereocenters. The number of benzene rings is 1. The van der Waals surface area contributed by atoms with E-state index < -0.39 is 11.9 Å². The first-order valence-corrected chi connectivity index (χ1v) is 8.38. The van der Waals surface area contributed by atoms with E-state index in [1.165, 1.54) is 11.4 Å². The predicted octanol–water partition coefficient (Wildman–Crippen LogP) is 4.52. The molecule has 0 fully saturated rings. The summed E-state index contributed by atoms with van der Waals surface area (Å²) in [5.41, 5.74) is 7.47. The van der Waals surface area contributed by atoms with Gasteiger partial charge in [0, 0.05) is 11.3 Å². The molecule has 0 aliphatic rings. The highest BCUT2D eigenvalue weighted by Crippen LogP contribution is 2.37. The number of halogens is 3. The number of rotatable bonds is 2. The second kappa shape index (κ2) is 7.16. The number of hydrogen-bond donors (Lipinski definition) is 1. The molecule has 0 aliphatic heterocycles. The average molecular weight is 399 g/mol. The lowest BCUT2D eigenvalue weighted by molar-refractivity contribution is -0.141. The molecular weight excluding hydrogens is 381 g/mol. The summed E-state index contributed by atoms with van der Waals surface area (Å²) in [7, 11) is 0. The second-order valence-corrected chi connectivity index (χ2v) is 6.33. The molecule has 0 amide bonds. The molecule has 150 valence electrons. The van der Waals surface area contributed by atoms with Crippen molar-refractivity contribution >= 4 is 11.6 Å². The second-order valence-electron chi connectivity index (χ2n) is 6.33. The minimum atomic E-state index is -4.57. The Hall–Kier alpha value is -3.49. The van der Waals surface area contributed by atoms with Crippen LogP contribution in [0.2, 0.25) is 0 Å². The Morgan fingerprint density at radius 2 is 1.62 bits per heavy atom. The summed E-state index contributed by atoms with van der Waals surface area (Å²) in [4.78, 5) is 12.4. The van der Waals surface area contributed by atoms with Gasteiger partial charge in [0.2, 0.25) is 5.95 Å². The Labute approximate surface area is 165 Å². The third kappa shape index (κ3) is 3.63. The van der Waals surface area contributed by atoms with Gasteiger partial charge in [-0.1, -0.05) is 30.3 Å². The summed E-state index contributed by atoms with van der Waals surface area (Å²) in [6.45, 7) is 3.19. The molecule has 9 heteroatoms. The number of nitrogen functional groups attached to an aromatic ring is 1. The SMILES string of the molecule is Cc1cc(-c2c(-c3ccccc3)nc(N)n3nc(C)nc23)cc(C(F)(F)F)n1.[CH3-]. The van der Waals surface area contributed by atoms with Crippen molar-refractivity contribution in [3.63, 3.8) is 0 Å². The van der Waals surface area contributed by atoms with E-state index in [0.29, 0.717) is 33.9 Å². The molecule has 0 spiro atoms. The molecule has 6 nitrogen and oxygen atoms in total. The van der Waals surface area contributed by atoms with Gasteiger partial charge in [-0.05, 0) is 31.5 Å². The van der Waals surface area contributed by atoms with Crippen LogP contribution in [-0.4, -0.2) is 24.6 Å². The van der Waals surface area contributed by atoms with E-state index in [2.05, 4.69) is 20.1 Å². The average Bonchev–Trinajstić information content (AvgIpc) is 3.03. The van der Waals surface area contributed by atoms with E-state index in [4.69, 9.17) is 5.73 Å². The van der Waals surface area contributed by atoms with Crippen molar-refractivity contribution < 1.29 is 13.2 Å². The number of nitrogens with zero attached hydrogens (tertiary/aromatic N) is 5. The van der Waals surface area contributed by atoms with Gasteiger partial charge in [0.15, 0.2) is 5.65 Å². The number of nitrogens with two attached hydrogens (primary N) is 1. The summed E-state index contributed by atoms with van der Waals surface area (Å²) < 4.78 is 41.3. The lowest BCUT2D eigenvalue weighted by atomic mass is 9.99. The normalized spacial score (nSPS) is 11.5. The van der Waals surface area contributed by atoms with Crippen LogP contribution in [0.5, 0.6) is 0 Å². The van der Waals surface area contributed by atoms with Crippen LogP contribution in [0.15, 0.2) is 42.5 Å². The van der Waals surface area contributed by atoms with E-state index in [1.807, 2.05) is 30.3 Å². The van der Waals surface area contributed by atoms with Crippen molar-refractivity contribution in [2.45, 2.75) is 20.0 Å². The van der Waals surface area contributed by atoms with Crippen LogP contribution in [0.1, 0.15) is 17.2 Å². The molecule has 1 aromatic carbocycles. The van der Waals surface area contributed by atoms with Crippen LogP contribution >= 0.6 is 0 Å². The molecule has 0 saturated heterocycles. The van der Waals surface area contributed by atoms with Crippen LogP contribution < -0.4 is 5.73 Å². The molecule has 0 atom stereocenters. The molecule has 0 aliphatic carbocycles. The molecular formula is C20H18F3N6-. The van der Waals surface area contributed by atoms with Gasteiger partial charge in [0.05, 0.1) is 11.3 Å². The Bertz CT molecular complexity index is 1180. The summed E-state index contributed by atoms with van der Waals surface area (Å²) in [6.07, 6.45) is -4.57. The zero-order valence-corrected chi connectivity index (χ0v) is 16.0. The summed E-state index contributed by atoms with van der Waals surface area (Å²) in [5, 5.41) is 4.21. The fourth-order valence-corrected chi connectivity index (χ4v) is 3.09. The number of fused-ring (bicyclic) bond motifs is 1. The maximum atomic E-state index is 13.3. The minimum absolute atomic E-state index is 0. The molecule has 0 bridgehead atoms. The van der Waals surface area contributed by atoms with Crippen LogP contribution in [0.3, 0.4) is 0 Å². The third-order valence-electron chi connectivity index (χ3n) is 4.20. The zero-order valence-electron chi connectivity index (χ0n) is 16.0. The number of aryl methyl sites for hydroxylation is 2. The van der Waals surface area contributed by atoms with Crippen LogP contribution in [-0.2, 0) is 6.18 Å². The van der Waals surface area contributed by atoms with Crippen LogP contribution in [0.4, 0.5) is 19.1 Å². The van der Waals surface area contributed by atoms with Crippen molar-refractivity contribution in [2.24, 2.45) is 0 Å². The number of hydrogen-bond acceptors (Lipinski definition) is 5. The van der Waals surface area contributed by atoms with E-state index in [1.54, 1.807) is 13.0 Å². The van der Waals surface area contributed by atoms with Crippen LogP contribution in [0, 0.1) is 21.3 Å². The number of alkyl halides is 3. The molecule has 2 N–H and O–H groups in total. The Balaban J connectivity index is 0.00000240. The van der Waals surface area contributed by atoms with Gasteiger partial charge in [0.25, 0.3) is 0 Å². The van der Waals surface area contributed by atoms with Crippen molar-refractivity contribution in [2.75, 3.05) is 5.73 Å². The lowest BCUT2D eigenvalue weighted by Crippen LogP contribution is -2.10. The highest BCUT2D eigenvalue weighted by molar-refractivity contribution is 5.90. The first-order chi connectivity index (χ1) is 13.2. The van der Waals surface area contributed by atoms with Crippen molar-refractivity contribution in [3.8, 4) is 22.4 Å². The van der Waals surface area contributed by atoms with Crippen molar-refractivity contribution in [1.29, 1.82) is 0 Å². The smallest absolute Gasteiger partial charge is 0.368 e. The molecule has 4 aromatic rings. The lowest BCUT2D eigenvalue weighted by Gasteiger charge is -2.14. The Morgan fingerprint density at radius 3 is 2.28 bits per heavy atom. The predicted molar refractivity (Wildman–Crippen MR) is 105 cm³/mol. The van der Waals surface area contributed by atoms with Gasteiger partial charge in [-0.15, -0.1) is 5.10 Å². The first kappa shape index (κ1) is 20.2. The highest BCUT2D eigenvalue weighted by atomic mass is 19.4. The zero-order chi connectivity index (χ0) is 20.1. The fraction of sp³-hybridized carbons (Fsp3) is 0.150. The molecule has 0 radical (unpaired) electrons. The molecule has 3 heterocycles. The Kier molecular flexibility index (Phi) is 5.00. The van der Waals surface area contributed by atoms with E-state index in [-0.39, 0.29) is 19.1 Å². The van der Waals surface area contributed by atoms with Gasteiger partial charge in [-0.25, -0.2) is 15.0 Å². The first-order valence-electron chi connectivity index (χ1n) is 8.38. The summed E-state index contributed by atoms with van der Waals surface area (Å²) in [5.74, 6) is 0.529. The molecule has 0 saturated carbocycles. The van der Waals surface area contributed by atoms with Gasteiger partial charge in [-0.3, -0.25) is 0 Å². The monoisotopic (exact) mass is 399 g/mol. The van der Waals surface area contributed by atoms with Gasteiger partial charge in [-0.2, -0.15) is 17.7 Å². The maximum absolute atomic E-state index is 13.3. The van der Waals surface area contributed by atoms with Crippen molar-refractivity contribution in [3.05, 3.63) is 67.1 Å². The van der Waals surface area contributed by atoms with Gasteiger partial charge >= 0.3 is 6.18 Å². The largest absolute Gasteiger partial charge is 0.433 e. The van der Waals surface area contributed by atoms with E-state index in [9.17, 15) is 13.2 Å². The van der Waals surface area contributed by atoms with Gasteiger partial charge in [0.1, 0.15) is 11.5 Å². The van der Waals surface area contributed by atoms with E-state index in [0.717, 1.165) is 6.07 Å². The number of aromatic nitrogens is 5. The third-order valence-corrected chi connectivity index (χ3v) is 4.20. The quantitative estimate of drug-likeness (QED) is 0.501. The number of pyridine rings is 1. The van der Waals surface area contributed by atoms with Crippen molar-refractivity contribution in [1.82, 2.24) is 24.6 Å². The van der Waals surface area contributed by atoms with Gasteiger partial charge < -0.3 is 13.2 Å². The maximum Gasteiger partial charge on any atom is 0.433 e. The number of anilines is 1. The standard InChI is InChI=1S/C19H15F3N6.CH3/c1-10-8-13(9-14(24-10)19(20,21)22)15-16(12-6-4-3-5-7-12)26-18(23)28-17(15)25-11(2)27-28;/h3-9H,1-2H3,(H2,23,26);1H3/q;-1. The highest BCUT2D eigenvalue weighted by Gasteiger charge is 2.33. The minimum Gasteiger partial charge on any atom is -0.368 e. The van der Waals surface area contributed by atoms with E-state index >= 15 is 0 Å². The molecule has 29 heavy (non-hydrogen) atoms. The summed E-state index contributed by atoms with van der Waals surface area (Å²) in [6, 6.07) is 11.7. The molecule has 4 rings (SSSR count). The fourth-order valence-electron chi connectivity index (χ4n) is 3.09. The Morgan fingerprint density at radius 1 is 0.931 bits per heavy atom. The van der Waals surface area contributed by atoms with Crippen LogP contribution in [0.25, 0.3) is 28.0 Å². The topological polar surface area (TPSA) is 82.0 Å².